The molecule has 0 aromatic heterocycles. The van der Waals surface area contributed by atoms with E-state index in [1.165, 1.54) is 35.7 Å². The molecule has 1 aliphatic rings. The Labute approximate surface area is 158 Å². The highest BCUT2D eigenvalue weighted by molar-refractivity contribution is 7.89. The number of methoxy groups -OCH3 is 1. The summed E-state index contributed by atoms with van der Waals surface area (Å²) in [6.45, 7) is 0.568. The van der Waals surface area contributed by atoms with Gasteiger partial charge in [-0.15, -0.1) is 0 Å². The Morgan fingerprint density at radius 3 is 2.41 bits per heavy atom. The first-order chi connectivity index (χ1) is 12.9. The van der Waals surface area contributed by atoms with Crippen LogP contribution in [0.5, 0.6) is 11.5 Å². The molecule has 3 rings (SSSR count). The van der Waals surface area contributed by atoms with Crippen molar-refractivity contribution in [3.8, 4) is 11.5 Å². The zero-order valence-electron chi connectivity index (χ0n) is 15.0. The van der Waals surface area contributed by atoms with E-state index in [-0.39, 0.29) is 35.6 Å². The number of phenols is 1. The third kappa shape index (κ3) is 4.40. The van der Waals surface area contributed by atoms with E-state index in [2.05, 4.69) is 5.32 Å². The van der Waals surface area contributed by atoms with E-state index < -0.39 is 10.0 Å². The molecule has 2 N–H and O–H groups in total. The summed E-state index contributed by atoms with van der Waals surface area (Å²) in [5, 5.41) is 12.2. The number of benzene rings is 2. The average Bonchev–Trinajstić information content (AvgIpc) is 2.68. The Morgan fingerprint density at radius 2 is 1.81 bits per heavy atom. The molecule has 0 saturated carbocycles. The molecule has 1 amide bonds. The van der Waals surface area contributed by atoms with E-state index in [4.69, 9.17) is 4.74 Å². The van der Waals surface area contributed by atoms with Crippen LogP contribution in [-0.4, -0.2) is 43.9 Å². The third-order valence-corrected chi connectivity index (χ3v) is 6.55. The van der Waals surface area contributed by atoms with E-state index in [0.29, 0.717) is 24.3 Å². The summed E-state index contributed by atoms with van der Waals surface area (Å²) in [6.07, 6.45) is 0.889. The number of ether oxygens (including phenoxy) is 1. The van der Waals surface area contributed by atoms with Crippen molar-refractivity contribution in [3.05, 3.63) is 48.5 Å². The van der Waals surface area contributed by atoms with Gasteiger partial charge in [0.25, 0.3) is 0 Å². The van der Waals surface area contributed by atoms with Gasteiger partial charge in [0.15, 0.2) is 0 Å². The number of amides is 1. The quantitative estimate of drug-likeness (QED) is 0.818. The number of sulfonamides is 1. The Balaban J connectivity index is 1.61. The van der Waals surface area contributed by atoms with E-state index in [9.17, 15) is 18.3 Å². The van der Waals surface area contributed by atoms with Crippen LogP contribution in [-0.2, 0) is 14.8 Å². The summed E-state index contributed by atoms with van der Waals surface area (Å²) in [7, 11) is -2.06. The molecular formula is C19H22N2O5S. The van der Waals surface area contributed by atoms with Gasteiger partial charge in [-0.3, -0.25) is 4.79 Å². The molecule has 0 atom stereocenters. The lowest BCUT2D eigenvalue weighted by Crippen LogP contribution is -2.41. The molecule has 7 nitrogen and oxygen atoms in total. The zero-order chi connectivity index (χ0) is 19.4. The van der Waals surface area contributed by atoms with Gasteiger partial charge in [0.05, 0.1) is 12.0 Å². The minimum absolute atomic E-state index is 0.0770. The van der Waals surface area contributed by atoms with E-state index in [1.54, 1.807) is 24.3 Å². The number of nitrogens with zero attached hydrogens (tertiary/aromatic N) is 1. The van der Waals surface area contributed by atoms with Crippen molar-refractivity contribution >= 4 is 21.6 Å². The SMILES string of the molecule is COc1ccc(S(=O)(=O)N2CCC(C(=O)Nc3cccc(O)c3)CC2)cc1. The second-order valence-electron chi connectivity index (χ2n) is 6.39. The van der Waals surface area contributed by atoms with Gasteiger partial charge in [0.2, 0.25) is 15.9 Å². The van der Waals surface area contributed by atoms with Crippen molar-refractivity contribution in [3.63, 3.8) is 0 Å². The maximum absolute atomic E-state index is 12.7. The van der Waals surface area contributed by atoms with Gasteiger partial charge in [-0.05, 0) is 49.2 Å². The minimum atomic E-state index is -3.59. The summed E-state index contributed by atoms with van der Waals surface area (Å²) in [6, 6.07) is 12.6. The molecule has 27 heavy (non-hydrogen) atoms. The maximum Gasteiger partial charge on any atom is 0.243 e. The smallest absolute Gasteiger partial charge is 0.243 e. The standard InChI is InChI=1S/C19H22N2O5S/c1-26-17-5-7-18(8-6-17)27(24,25)21-11-9-14(10-12-21)19(23)20-15-3-2-4-16(22)13-15/h2-8,13-14,22H,9-12H2,1H3,(H,20,23). The summed E-state index contributed by atoms with van der Waals surface area (Å²) >= 11 is 0. The molecule has 0 bridgehead atoms. The Hall–Kier alpha value is -2.58. The number of piperidine rings is 1. The summed E-state index contributed by atoms with van der Waals surface area (Å²) < 4.78 is 32.0. The first-order valence-corrected chi connectivity index (χ1v) is 10.1. The number of aromatic hydroxyl groups is 1. The normalized spacial score (nSPS) is 16.0. The Kier molecular flexibility index (Phi) is 5.67. The number of rotatable bonds is 5. The predicted molar refractivity (Wildman–Crippen MR) is 101 cm³/mol. The van der Waals surface area contributed by atoms with Crippen molar-refractivity contribution in [1.29, 1.82) is 0 Å². The van der Waals surface area contributed by atoms with Gasteiger partial charge >= 0.3 is 0 Å². The van der Waals surface area contributed by atoms with Crippen molar-refractivity contribution in [2.75, 3.05) is 25.5 Å². The van der Waals surface area contributed by atoms with Gasteiger partial charge in [0.1, 0.15) is 11.5 Å². The monoisotopic (exact) mass is 390 g/mol. The van der Waals surface area contributed by atoms with E-state index in [1.807, 2.05) is 0 Å². The molecule has 8 heteroatoms. The van der Waals surface area contributed by atoms with Crippen LogP contribution in [0.3, 0.4) is 0 Å². The second kappa shape index (κ2) is 7.98. The van der Waals surface area contributed by atoms with Crippen LogP contribution in [0.25, 0.3) is 0 Å². The fourth-order valence-corrected chi connectivity index (χ4v) is 4.55. The molecule has 0 radical (unpaired) electrons. The van der Waals surface area contributed by atoms with Gasteiger partial charge in [-0.1, -0.05) is 6.07 Å². The zero-order valence-corrected chi connectivity index (χ0v) is 15.8. The first kappa shape index (κ1) is 19.2. The lowest BCUT2D eigenvalue weighted by atomic mass is 9.97. The number of hydrogen-bond acceptors (Lipinski definition) is 5. The van der Waals surface area contributed by atoms with Gasteiger partial charge in [0, 0.05) is 30.8 Å². The second-order valence-corrected chi connectivity index (χ2v) is 8.33. The Morgan fingerprint density at radius 1 is 1.15 bits per heavy atom. The highest BCUT2D eigenvalue weighted by Crippen LogP contribution is 2.26. The maximum atomic E-state index is 12.7. The van der Waals surface area contributed by atoms with Crippen molar-refractivity contribution in [2.24, 2.45) is 5.92 Å². The molecule has 1 heterocycles. The number of nitrogens with one attached hydrogen (secondary N) is 1. The molecule has 2 aromatic carbocycles. The Bertz CT molecular complexity index is 904. The lowest BCUT2D eigenvalue weighted by molar-refractivity contribution is -0.120. The van der Waals surface area contributed by atoms with Crippen LogP contribution in [0.1, 0.15) is 12.8 Å². The van der Waals surface area contributed by atoms with Crippen LogP contribution in [0.15, 0.2) is 53.4 Å². The van der Waals surface area contributed by atoms with Gasteiger partial charge in [-0.25, -0.2) is 8.42 Å². The molecule has 1 fully saturated rings. The number of carbonyl (C=O) groups is 1. The van der Waals surface area contributed by atoms with Crippen molar-refractivity contribution < 1.29 is 23.1 Å². The summed E-state index contributed by atoms with van der Waals surface area (Å²) in [5.41, 5.74) is 0.522. The number of hydrogen-bond donors (Lipinski definition) is 2. The summed E-state index contributed by atoms with van der Waals surface area (Å²) in [4.78, 5) is 12.6. The first-order valence-electron chi connectivity index (χ1n) is 8.64. The topological polar surface area (TPSA) is 95.9 Å². The largest absolute Gasteiger partial charge is 0.508 e. The average molecular weight is 390 g/mol. The molecule has 1 aliphatic heterocycles. The predicted octanol–water partition coefficient (Wildman–Crippen LogP) is 2.44. The number of carbonyl (C=O) groups excluding carboxylic acids is 1. The van der Waals surface area contributed by atoms with E-state index >= 15 is 0 Å². The fraction of sp³-hybridized carbons (Fsp3) is 0.316. The van der Waals surface area contributed by atoms with Crippen LogP contribution >= 0.6 is 0 Å². The van der Waals surface area contributed by atoms with Gasteiger partial charge in [-0.2, -0.15) is 4.31 Å². The molecular weight excluding hydrogens is 368 g/mol. The van der Waals surface area contributed by atoms with Crippen molar-refractivity contribution in [2.45, 2.75) is 17.7 Å². The minimum Gasteiger partial charge on any atom is -0.508 e. The van der Waals surface area contributed by atoms with Crippen LogP contribution in [0.4, 0.5) is 5.69 Å². The fourth-order valence-electron chi connectivity index (χ4n) is 3.08. The van der Waals surface area contributed by atoms with Gasteiger partial charge < -0.3 is 15.2 Å². The summed E-state index contributed by atoms with van der Waals surface area (Å²) in [5.74, 6) is 0.237. The molecule has 0 aliphatic carbocycles. The lowest BCUT2D eigenvalue weighted by Gasteiger charge is -2.30. The molecule has 2 aromatic rings. The van der Waals surface area contributed by atoms with E-state index in [0.717, 1.165) is 0 Å². The molecule has 0 unspecified atom stereocenters. The molecule has 0 spiro atoms. The van der Waals surface area contributed by atoms with Crippen molar-refractivity contribution in [1.82, 2.24) is 4.31 Å². The third-order valence-electron chi connectivity index (χ3n) is 4.64. The highest BCUT2D eigenvalue weighted by Gasteiger charge is 2.32. The molecule has 1 saturated heterocycles. The number of anilines is 1. The van der Waals surface area contributed by atoms with Crippen LogP contribution < -0.4 is 10.1 Å². The molecule has 144 valence electrons. The highest BCUT2D eigenvalue weighted by atomic mass is 32.2. The van der Waals surface area contributed by atoms with Crippen LogP contribution in [0.2, 0.25) is 0 Å². The van der Waals surface area contributed by atoms with Crippen LogP contribution in [0, 0.1) is 5.92 Å². The number of phenolic OH excluding ortho intramolecular Hbond substituents is 1.